The number of halogens is 2. The van der Waals surface area contributed by atoms with Gasteiger partial charge in [0.2, 0.25) is 0 Å². The van der Waals surface area contributed by atoms with Crippen molar-refractivity contribution >= 4 is 35.7 Å². The van der Waals surface area contributed by atoms with Gasteiger partial charge in [-0.25, -0.2) is 4.68 Å². The molecule has 1 aromatic carbocycles. The summed E-state index contributed by atoms with van der Waals surface area (Å²) in [6, 6.07) is 9.27. The van der Waals surface area contributed by atoms with Gasteiger partial charge in [0.1, 0.15) is 11.9 Å². The number of hydrogen-bond donors (Lipinski definition) is 2. The Hall–Kier alpha value is -1.60. The Morgan fingerprint density at radius 2 is 2.11 bits per heavy atom. The molecule has 8 heteroatoms. The highest BCUT2D eigenvalue weighted by Crippen LogP contribution is 2.28. The van der Waals surface area contributed by atoms with Crippen LogP contribution in [-0.2, 0) is 14.9 Å². The fourth-order valence-electron chi connectivity index (χ4n) is 2.92. The molecule has 6 nitrogen and oxygen atoms in total. The molecular formula is C19H26Cl2N4O2. The molecule has 2 aromatic rings. The van der Waals surface area contributed by atoms with Crippen LogP contribution in [0.5, 0.6) is 0 Å². The molecule has 148 valence electrons. The minimum absolute atomic E-state index is 0. The van der Waals surface area contributed by atoms with Crippen molar-refractivity contribution < 1.29 is 9.53 Å². The molecule has 0 unspecified atom stereocenters. The van der Waals surface area contributed by atoms with Crippen LogP contribution in [0.15, 0.2) is 30.3 Å². The van der Waals surface area contributed by atoms with Gasteiger partial charge in [-0.15, -0.1) is 12.4 Å². The van der Waals surface area contributed by atoms with Gasteiger partial charge in [-0.1, -0.05) is 38.4 Å². The van der Waals surface area contributed by atoms with Crippen molar-refractivity contribution in [2.24, 2.45) is 5.73 Å². The quantitative estimate of drug-likeness (QED) is 0.801. The van der Waals surface area contributed by atoms with Crippen molar-refractivity contribution in [3.05, 3.63) is 41.0 Å². The Labute approximate surface area is 170 Å². The molecule has 0 radical (unpaired) electrons. The van der Waals surface area contributed by atoms with E-state index < -0.39 is 6.10 Å². The number of rotatable bonds is 4. The second-order valence-electron chi connectivity index (χ2n) is 7.61. The number of hydrogen-bond acceptors (Lipinski definition) is 4. The molecule has 1 fully saturated rings. The molecule has 1 amide bonds. The highest BCUT2D eigenvalue weighted by atomic mass is 35.5. The van der Waals surface area contributed by atoms with Gasteiger partial charge in [0.15, 0.2) is 0 Å². The number of nitrogens with zero attached hydrogens (tertiary/aromatic N) is 2. The summed E-state index contributed by atoms with van der Waals surface area (Å²) in [5, 5.41) is 8.26. The van der Waals surface area contributed by atoms with Crippen molar-refractivity contribution in [3.8, 4) is 5.69 Å². The van der Waals surface area contributed by atoms with Crippen molar-refractivity contribution in [2.45, 2.75) is 51.2 Å². The summed E-state index contributed by atoms with van der Waals surface area (Å²) in [5.74, 6) is 0.423. The Balaban J connectivity index is 0.00000261. The van der Waals surface area contributed by atoms with E-state index in [1.54, 1.807) is 10.7 Å². The topological polar surface area (TPSA) is 82.2 Å². The van der Waals surface area contributed by atoms with Crippen molar-refractivity contribution in [3.63, 3.8) is 0 Å². The number of nitrogens with two attached hydrogens (primary N) is 1. The largest absolute Gasteiger partial charge is 0.364 e. The zero-order valence-electron chi connectivity index (χ0n) is 15.7. The number of carbonyl (C=O) groups is 1. The maximum Gasteiger partial charge on any atom is 0.254 e. The minimum Gasteiger partial charge on any atom is -0.364 e. The SMILES string of the molecule is CC(C)(C)c1cc(NC(=O)[C@@H]2CC[C@H](CN)O2)n(-c2cccc(Cl)c2)n1.Cl. The van der Waals surface area contributed by atoms with E-state index in [1.165, 1.54) is 0 Å². The minimum atomic E-state index is -0.482. The third kappa shape index (κ3) is 5.02. The molecule has 27 heavy (non-hydrogen) atoms. The van der Waals surface area contributed by atoms with Gasteiger partial charge in [-0.2, -0.15) is 5.10 Å². The van der Waals surface area contributed by atoms with Gasteiger partial charge < -0.3 is 15.8 Å². The van der Waals surface area contributed by atoms with Crippen molar-refractivity contribution in [1.82, 2.24) is 9.78 Å². The average molecular weight is 413 g/mol. The highest BCUT2D eigenvalue weighted by molar-refractivity contribution is 6.30. The standard InChI is InChI=1S/C19H25ClN4O2.ClH/c1-19(2,3)16-10-17(22-18(25)15-8-7-14(11-21)26-15)24(23-16)13-6-4-5-12(20)9-13;/h4-6,9-10,14-15H,7-8,11,21H2,1-3H3,(H,22,25);1H/t14-,15+;/m1./s1. The van der Waals surface area contributed by atoms with Crippen LogP contribution in [-0.4, -0.2) is 34.4 Å². The van der Waals surface area contributed by atoms with Crippen molar-refractivity contribution in [2.75, 3.05) is 11.9 Å². The van der Waals surface area contributed by atoms with Crippen LogP contribution in [0.25, 0.3) is 5.69 Å². The van der Waals surface area contributed by atoms with Crippen LogP contribution in [0.1, 0.15) is 39.3 Å². The number of carbonyl (C=O) groups excluding carboxylic acids is 1. The molecule has 0 spiro atoms. The lowest BCUT2D eigenvalue weighted by Gasteiger charge is -2.14. The molecule has 2 heterocycles. The average Bonchev–Trinajstić information content (AvgIpc) is 3.21. The molecule has 1 saturated heterocycles. The van der Waals surface area contributed by atoms with E-state index in [0.717, 1.165) is 17.8 Å². The number of ether oxygens (including phenoxy) is 1. The van der Waals surface area contributed by atoms with Crippen LogP contribution in [0.3, 0.4) is 0 Å². The molecule has 3 N–H and O–H groups in total. The van der Waals surface area contributed by atoms with E-state index in [1.807, 2.05) is 24.3 Å². The Kier molecular flexibility index (Phi) is 6.92. The second-order valence-corrected chi connectivity index (χ2v) is 8.04. The summed E-state index contributed by atoms with van der Waals surface area (Å²) in [4.78, 5) is 12.6. The van der Waals surface area contributed by atoms with Gasteiger partial charge in [0, 0.05) is 23.0 Å². The summed E-state index contributed by atoms with van der Waals surface area (Å²) < 4.78 is 7.40. The maximum absolute atomic E-state index is 12.6. The summed E-state index contributed by atoms with van der Waals surface area (Å²) in [7, 11) is 0. The Morgan fingerprint density at radius 1 is 1.37 bits per heavy atom. The third-order valence-electron chi connectivity index (χ3n) is 4.44. The number of aromatic nitrogens is 2. The van der Waals surface area contributed by atoms with E-state index >= 15 is 0 Å². The predicted octanol–water partition coefficient (Wildman–Crippen LogP) is 3.69. The Morgan fingerprint density at radius 3 is 2.70 bits per heavy atom. The monoisotopic (exact) mass is 412 g/mol. The van der Waals surface area contributed by atoms with Gasteiger partial charge in [0.05, 0.1) is 17.5 Å². The van der Waals surface area contributed by atoms with E-state index in [-0.39, 0.29) is 29.8 Å². The van der Waals surface area contributed by atoms with Gasteiger partial charge in [0.25, 0.3) is 5.91 Å². The van der Waals surface area contributed by atoms with Crippen LogP contribution in [0.4, 0.5) is 5.82 Å². The zero-order valence-corrected chi connectivity index (χ0v) is 17.3. The lowest BCUT2D eigenvalue weighted by Crippen LogP contribution is -2.30. The number of nitrogens with one attached hydrogen (secondary N) is 1. The first-order chi connectivity index (χ1) is 12.3. The summed E-state index contributed by atoms with van der Waals surface area (Å²) in [5.41, 5.74) is 7.14. The molecule has 3 rings (SSSR count). The highest BCUT2D eigenvalue weighted by Gasteiger charge is 2.31. The first-order valence-electron chi connectivity index (χ1n) is 8.81. The van der Waals surface area contributed by atoms with Gasteiger partial charge in [-0.3, -0.25) is 4.79 Å². The zero-order chi connectivity index (χ0) is 18.9. The summed E-state index contributed by atoms with van der Waals surface area (Å²) >= 11 is 6.12. The number of benzene rings is 1. The van der Waals surface area contributed by atoms with Crippen LogP contribution in [0, 0.1) is 0 Å². The molecule has 1 aliphatic heterocycles. The molecular weight excluding hydrogens is 387 g/mol. The van der Waals surface area contributed by atoms with E-state index in [0.29, 0.717) is 23.8 Å². The van der Waals surface area contributed by atoms with Crippen LogP contribution < -0.4 is 11.1 Å². The van der Waals surface area contributed by atoms with E-state index in [4.69, 9.17) is 22.1 Å². The third-order valence-corrected chi connectivity index (χ3v) is 4.68. The fourth-order valence-corrected chi connectivity index (χ4v) is 3.10. The predicted molar refractivity (Wildman–Crippen MR) is 110 cm³/mol. The normalized spacial score (nSPS) is 19.6. The first-order valence-corrected chi connectivity index (χ1v) is 9.18. The van der Waals surface area contributed by atoms with Gasteiger partial charge in [-0.05, 0) is 31.0 Å². The smallest absolute Gasteiger partial charge is 0.254 e. The summed E-state index contributed by atoms with van der Waals surface area (Å²) in [6.07, 6.45) is 0.943. The molecule has 0 bridgehead atoms. The summed E-state index contributed by atoms with van der Waals surface area (Å²) in [6.45, 7) is 6.66. The van der Waals surface area contributed by atoms with E-state index in [2.05, 4.69) is 31.2 Å². The maximum atomic E-state index is 12.6. The number of amides is 1. The molecule has 0 saturated carbocycles. The van der Waals surface area contributed by atoms with Crippen molar-refractivity contribution in [1.29, 1.82) is 0 Å². The van der Waals surface area contributed by atoms with E-state index in [9.17, 15) is 4.79 Å². The lowest BCUT2D eigenvalue weighted by atomic mass is 9.92. The second kappa shape index (κ2) is 8.61. The lowest BCUT2D eigenvalue weighted by molar-refractivity contribution is -0.126. The van der Waals surface area contributed by atoms with Gasteiger partial charge >= 0.3 is 0 Å². The fraction of sp³-hybridized carbons (Fsp3) is 0.474. The molecule has 2 atom stereocenters. The molecule has 0 aliphatic carbocycles. The molecule has 1 aliphatic rings. The molecule has 1 aromatic heterocycles. The van der Waals surface area contributed by atoms with Crippen LogP contribution in [0.2, 0.25) is 5.02 Å². The van der Waals surface area contributed by atoms with Crippen LogP contribution >= 0.6 is 24.0 Å². The first kappa shape index (κ1) is 21.7. The number of anilines is 1. The Bertz CT molecular complexity index is 801.